The van der Waals surface area contributed by atoms with Crippen LogP contribution in [0.15, 0.2) is 42.7 Å². The highest BCUT2D eigenvalue weighted by Crippen LogP contribution is 2.13. The predicted octanol–water partition coefficient (Wildman–Crippen LogP) is 1.44. The smallest absolute Gasteiger partial charge is 0.0958 e. The van der Waals surface area contributed by atoms with Gasteiger partial charge in [-0.1, -0.05) is 24.3 Å². The van der Waals surface area contributed by atoms with Gasteiger partial charge in [-0.05, 0) is 19.1 Å². The molecule has 1 unspecified atom stereocenters. The maximum Gasteiger partial charge on any atom is 0.0958 e. The van der Waals surface area contributed by atoms with Gasteiger partial charge in [0.1, 0.15) is 0 Å². The molecule has 2 rings (SSSR count). The Hall–Kier alpha value is -1.65. The van der Waals surface area contributed by atoms with Crippen molar-refractivity contribution < 1.29 is 0 Å². The quantitative estimate of drug-likeness (QED) is 0.462. The number of hydrogen-bond donors (Lipinski definition) is 2. The molecule has 4 heteroatoms. The Morgan fingerprint density at radius 2 is 2.31 bits per heavy atom. The van der Waals surface area contributed by atoms with Crippen LogP contribution >= 0.6 is 0 Å². The fourth-order valence-corrected chi connectivity index (χ4v) is 1.70. The van der Waals surface area contributed by atoms with Crippen LogP contribution in [0.2, 0.25) is 0 Å². The molecule has 1 aromatic carbocycles. The number of nitrogens with zero attached hydrogens (tertiary/aromatic N) is 2. The Morgan fingerprint density at radius 1 is 1.56 bits per heavy atom. The number of hydrogen-bond acceptors (Lipinski definition) is 3. The number of aromatic nitrogens is 2. The molecule has 84 valence electrons. The molecule has 16 heavy (non-hydrogen) atoms. The number of benzene rings is 1. The van der Waals surface area contributed by atoms with Crippen molar-refractivity contribution in [1.82, 2.24) is 15.0 Å². The summed E-state index contributed by atoms with van der Waals surface area (Å²) in [7, 11) is 0. The van der Waals surface area contributed by atoms with Gasteiger partial charge < -0.3 is 4.57 Å². The third-order valence-corrected chi connectivity index (χ3v) is 2.70. The molecule has 1 atom stereocenters. The van der Waals surface area contributed by atoms with E-state index in [1.54, 1.807) is 0 Å². The van der Waals surface area contributed by atoms with E-state index in [2.05, 4.69) is 21.6 Å². The van der Waals surface area contributed by atoms with E-state index in [0.717, 1.165) is 23.2 Å². The predicted molar refractivity (Wildman–Crippen MR) is 65.7 cm³/mol. The second kappa shape index (κ2) is 4.47. The van der Waals surface area contributed by atoms with E-state index in [4.69, 9.17) is 5.84 Å². The third kappa shape index (κ3) is 1.98. The summed E-state index contributed by atoms with van der Waals surface area (Å²) in [6, 6.07) is 8.10. The molecule has 0 aliphatic heterocycles. The number of hydrazine groups is 1. The maximum atomic E-state index is 5.49. The molecule has 0 aliphatic rings. The van der Waals surface area contributed by atoms with E-state index >= 15 is 0 Å². The van der Waals surface area contributed by atoms with Crippen molar-refractivity contribution in [2.75, 3.05) is 0 Å². The van der Waals surface area contributed by atoms with Crippen molar-refractivity contribution in [3.05, 3.63) is 42.7 Å². The summed E-state index contributed by atoms with van der Waals surface area (Å²) in [6.07, 6.45) is 1.83. The van der Waals surface area contributed by atoms with Gasteiger partial charge in [0.2, 0.25) is 0 Å². The minimum absolute atomic E-state index is 0.0672. The van der Waals surface area contributed by atoms with E-state index in [9.17, 15) is 0 Å². The number of rotatable bonds is 4. The van der Waals surface area contributed by atoms with Crippen molar-refractivity contribution in [3.8, 4) is 0 Å². The zero-order chi connectivity index (χ0) is 11.5. The first-order chi connectivity index (χ1) is 7.72. The van der Waals surface area contributed by atoms with Crippen molar-refractivity contribution in [2.24, 2.45) is 5.84 Å². The first kappa shape index (κ1) is 10.9. The summed E-state index contributed by atoms with van der Waals surface area (Å²) < 4.78 is 2.08. The average molecular weight is 216 g/mol. The van der Waals surface area contributed by atoms with Crippen LogP contribution in [-0.4, -0.2) is 15.6 Å². The molecular weight excluding hydrogens is 200 g/mol. The van der Waals surface area contributed by atoms with Gasteiger partial charge in [0.15, 0.2) is 0 Å². The van der Waals surface area contributed by atoms with Crippen LogP contribution in [0.5, 0.6) is 0 Å². The number of imidazole rings is 1. The highest BCUT2D eigenvalue weighted by atomic mass is 15.2. The zero-order valence-corrected chi connectivity index (χ0v) is 9.35. The van der Waals surface area contributed by atoms with Gasteiger partial charge >= 0.3 is 0 Å². The van der Waals surface area contributed by atoms with Crippen LogP contribution < -0.4 is 11.3 Å². The zero-order valence-electron chi connectivity index (χ0n) is 9.35. The van der Waals surface area contributed by atoms with Crippen LogP contribution in [0.3, 0.4) is 0 Å². The molecule has 0 spiro atoms. The van der Waals surface area contributed by atoms with E-state index in [1.165, 1.54) is 0 Å². The molecule has 0 saturated heterocycles. The summed E-state index contributed by atoms with van der Waals surface area (Å²) in [5, 5.41) is 0. The standard InChI is InChI=1S/C12H16N4/c1-9(2)11(15-13)7-16-8-14-10-5-3-4-6-12(10)16/h3-6,8,11,15H,1,7,13H2,2H3. The van der Waals surface area contributed by atoms with Gasteiger partial charge in [0, 0.05) is 6.54 Å². The number of para-hydroxylation sites is 2. The molecule has 0 aliphatic carbocycles. The molecule has 1 heterocycles. The number of nitrogens with two attached hydrogens (primary N) is 1. The van der Waals surface area contributed by atoms with E-state index in [0.29, 0.717) is 0 Å². The average Bonchev–Trinajstić information content (AvgIpc) is 2.69. The van der Waals surface area contributed by atoms with Gasteiger partial charge in [0.05, 0.1) is 23.4 Å². The minimum Gasteiger partial charge on any atom is -0.329 e. The number of fused-ring (bicyclic) bond motifs is 1. The number of nitrogens with one attached hydrogen (secondary N) is 1. The van der Waals surface area contributed by atoms with E-state index < -0.39 is 0 Å². The highest BCUT2D eigenvalue weighted by Gasteiger charge is 2.09. The summed E-state index contributed by atoms with van der Waals surface area (Å²) in [5.41, 5.74) is 5.89. The molecule has 4 nitrogen and oxygen atoms in total. The topological polar surface area (TPSA) is 55.9 Å². The van der Waals surface area contributed by atoms with Gasteiger partial charge in [-0.25, -0.2) is 4.98 Å². The first-order valence-electron chi connectivity index (χ1n) is 5.24. The van der Waals surface area contributed by atoms with Gasteiger partial charge in [0.25, 0.3) is 0 Å². The normalized spacial score (nSPS) is 12.9. The lowest BCUT2D eigenvalue weighted by molar-refractivity contribution is 0.516. The minimum atomic E-state index is 0.0672. The molecule has 1 aromatic heterocycles. The molecule has 2 aromatic rings. The Bertz CT molecular complexity index is 500. The lowest BCUT2D eigenvalue weighted by Crippen LogP contribution is -2.38. The van der Waals surface area contributed by atoms with Crippen molar-refractivity contribution in [2.45, 2.75) is 19.5 Å². The lowest BCUT2D eigenvalue weighted by atomic mass is 10.1. The summed E-state index contributed by atoms with van der Waals surface area (Å²) in [6.45, 7) is 6.62. The van der Waals surface area contributed by atoms with Crippen LogP contribution in [0.4, 0.5) is 0 Å². The summed E-state index contributed by atoms with van der Waals surface area (Å²) >= 11 is 0. The molecule has 0 radical (unpaired) electrons. The molecule has 0 saturated carbocycles. The molecule has 0 amide bonds. The monoisotopic (exact) mass is 216 g/mol. The highest BCUT2D eigenvalue weighted by molar-refractivity contribution is 5.74. The second-order valence-corrected chi connectivity index (χ2v) is 3.95. The molecule has 3 N–H and O–H groups in total. The van der Waals surface area contributed by atoms with Crippen molar-refractivity contribution >= 4 is 11.0 Å². The van der Waals surface area contributed by atoms with Gasteiger partial charge in [-0.2, -0.15) is 0 Å². The van der Waals surface area contributed by atoms with Crippen molar-refractivity contribution in [3.63, 3.8) is 0 Å². The second-order valence-electron chi connectivity index (χ2n) is 3.95. The fourth-order valence-electron chi connectivity index (χ4n) is 1.70. The molecule has 0 bridgehead atoms. The van der Waals surface area contributed by atoms with Gasteiger partial charge in [-0.15, -0.1) is 0 Å². The molecule has 0 fully saturated rings. The van der Waals surface area contributed by atoms with E-state index in [-0.39, 0.29) is 6.04 Å². The SMILES string of the molecule is C=C(C)C(Cn1cnc2ccccc21)NN. The first-order valence-corrected chi connectivity index (χ1v) is 5.24. The van der Waals surface area contributed by atoms with Crippen LogP contribution in [0.25, 0.3) is 11.0 Å². The Kier molecular flexibility index (Phi) is 3.03. The summed E-state index contributed by atoms with van der Waals surface area (Å²) in [4.78, 5) is 4.33. The van der Waals surface area contributed by atoms with E-state index in [1.807, 2.05) is 37.5 Å². The lowest BCUT2D eigenvalue weighted by Gasteiger charge is -2.16. The maximum absolute atomic E-state index is 5.49. The largest absolute Gasteiger partial charge is 0.329 e. The van der Waals surface area contributed by atoms with Crippen LogP contribution in [0.1, 0.15) is 6.92 Å². The Labute approximate surface area is 94.7 Å². The van der Waals surface area contributed by atoms with Gasteiger partial charge in [-0.3, -0.25) is 11.3 Å². The third-order valence-electron chi connectivity index (χ3n) is 2.70. The van der Waals surface area contributed by atoms with Crippen molar-refractivity contribution in [1.29, 1.82) is 0 Å². The van der Waals surface area contributed by atoms with Crippen LogP contribution in [0, 0.1) is 0 Å². The summed E-state index contributed by atoms with van der Waals surface area (Å²) in [5.74, 6) is 5.49. The molecular formula is C12H16N4. The Morgan fingerprint density at radius 3 is 3.00 bits per heavy atom. The van der Waals surface area contributed by atoms with Crippen LogP contribution in [-0.2, 0) is 6.54 Å². The Balaban J connectivity index is 2.30. The fraction of sp³-hybridized carbons (Fsp3) is 0.250.